The SMILES string of the molecule is Cc1nc(NC(=O)N2CCC[C@@]2(C)C(N)=O)sc1-c1csc(C2(C)CC2)n1. The standard InChI is InChI=1S/C18H23N5O2S2/c1-10-12(11-9-26-14(21-11)17(2)6-7-17)27-15(20-10)22-16(25)23-8-4-5-18(23,3)13(19)24/h9H,4-8H2,1-3H3,(H2,19,24)(H,20,22,25)/t18-/m0/s1. The average Bonchev–Trinajstić information content (AvgIpc) is 2.99. The summed E-state index contributed by atoms with van der Waals surface area (Å²) in [5.74, 6) is -0.477. The molecule has 0 spiro atoms. The molecule has 0 bridgehead atoms. The van der Waals surface area contributed by atoms with Gasteiger partial charge >= 0.3 is 6.03 Å². The predicted octanol–water partition coefficient (Wildman–Crippen LogP) is 3.50. The lowest BCUT2D eigenvalue weighted by Gasteiger charge is -2.31. The van der Waals surface area contributed by atoms with Gasteiger partial charge in [0.05, 0.1) is 21.3 Å². The Morgan fingerprint density at radius 3 is 2.67 bits per heavy atom. The summed E-state index contributed by atoms with van der Waals surface area (Å²) in [7, 11) is 0. The van der Waals surface area contributed by atoms with Crippen molar-refractivity contribution >= 4 is 39.7 Å². The highest BCUT2D eigenvalue weighted by Gasteiger charge is 2.45. The van der Waals surface area contributed by atoms with Crippen LogP contribution in [0.1, 0.15) is 50.2 Å². The van der Waals surface area contributed by atoms with E-state index in [-0.39, 0.29) is 11.4 Å². The first-order valence-electron chi connectivity index (χ1n) is 9.05. The second-order valence-corrected chi connectivity index (χ2v) is 9.71. The smallest absolute Gasteiger partial charge is 0.324 e. The molecule has 0 radical (unpaired) electrons. The lowest BCUT2D eigenvalue weighted by atomic mass is 9.98. The third kappa shape index (κ3) is 3.12. The fourth-order valence-electron chi connectivity index (χ4n) is 3.45. The van der Waals surface area contributed by atoms with Gasteiger partial charge in [0, 0.05) is 17.3 Å². The number of amides is 3. The number of primary amides is 1. The molecule has 0 unspecified atom stereocenters. The number of hydrogen-bond acceptors (Lipinski definition) is 6. The highest BCUT2D eigenvalue weighted by Crippen LogP contribution is 2.49. The van der Waals surface area contributed by atoms with Gasteiger partial charge in [-0.2, -0.15) is 0 Å². The molecule has 1 saturated carbocycles. The van der Waals surface area contributed by atoms with E-state index in [0.717, 1.165) is 22.7 Å². The second kappa shape index (κ2) is 6.27. The molecule has 144 valence electrons. The lowest BCUT2D eigenvalue weighted by Crippen LogP contribution is -2.55. The van der Waals surface area contributed by atoms with Gasteiger partial charge in [0.15, 0.2) is 5.13 Å². The monoisotopic (exact) mass is 405 g/mol. The number of anilines is 1. The van der Waals surface area contributed by atoms with Gasteiger partial charge < -0.3 is 10.6 Å². The van der Waals surface area contributed by atoms with Crippen molar-refractivity contribution in [2.75, 3.05) is 11.9 Å². The van der Waals surface area contributed by atoms with Gasteiger partial charge in [0.25, 0.3) is 0 Å². The maximum absolute atomic E-state index is 12.7. The van der Waals surface area contributed by atoms with Gasteiger partial charge in [0.2, 0.25) is 5.91 Å². The van der Waals surface area contributed by atoms with E-state index in [1.165, 1.54) is 34.1 Å². The number of urea groups is 1. The number of aromatic nitrogens is 2. The minimum atomic E-state index is -0.942. The van der Waals surface area contributed by atoms with Crippen LogP contribution in [-0.4, -0.2) is 38.9 Å². The van der Waals surface area contributed by atoms with Crippen LogP contribution in [0.3, 0.4) is 0 Å². The second-order valence-electron chi connectivity index (χ2n) is 7.86. The summed E-state index contributed by atoms with van der Waals surface area (Å²) in [5.41, 5.74) is 6.58. The molecule has 7 nitrogen and oxygen atoms in total. The zero-order chi connectivity index (χ0) is 19.4. The quantitative estimate of drug-likeness (QED) is 0.813. The van der Waals surface area contributed by atoms with Crippen molar-refractivity contribution in [2.24, 2.45) is 5.73 Å². The lowest BCUT2D eigenvalue weighted by molar-refractivity contribution is -0.126. The summed E-state index contributed by atoms with van der Waals surface area (Å²) in [5, 5.41) is 6.59. The van der Waals surface area contributed by atoms with Crippen LogP contribution in [-0.2, 0) is 10.2 Å². The van der Waals surface area contributed by atoms with Gasteiger partial charge in [-0.25, -0.2) is 14.8 Å². The van der Waals surface area contributed by atoms with E-state index < -0.39 is 11.4 Å². The van der Waals surface area contributed by atoms with Crippen LogP contribution >= 0.6 is 22.7 Å². The summed E-state index contributed by atoms with van der Waals surface area (Å²) in [4.78, 5) is 36.3. The molecule has 1 aliphatic carbocycles. The molecule has 4 rings (SSSR count). The number of likely N-dealkylation sites (tertiary alicyclic amines) is 1. The number of rotatable bonds is 4. The molecular formula is C18H23N5O2S2. The minimum Gasteiger partial charge on any atom is -0.368 e. The largest absolute Gasteiger partial charge is 0.368 e. The Bertz CT molecular complexity index is 917. The molecule has 3 N–H and O–H groups in total. The van der Waals surface area contributed by atoms with Crippen molar-refractivity contribution in [2.45, 2.75) is 57.4 Å². The summed E-state index contributed by atoms with van der Waals surface area (Å²) >= 11 is 3.10. The predicted molar refractivity (Wildman–Crippen MR) is 107 cm³/mol. The number of nitrogens with one attached hydrogen (secondary N) is 1. The Kier molecular flexibility index (Phi) is 4.27. The molecule has 3 heterocycles. The fraction of sp³-hybridized carbons (Fsp3) is 0.556. The van der Waals surface area contributed by atoms with Crippen LogP contribution < -0.4 is 11.1 Å². The number of nitrogens with zero attached hydrogens (tertiary/aromatic N) is 3. The van der Waals surface area contributed by atoms with Gasteiger partial charge in [-0.05, 0) is 39.5 Å². The van der Waals surface area contributed by atoms with E-state index in [4.69, 9.17) is 10.7 Å². The zero-order valence-corrected chi connectivity index (χ0v) is 17.3. The Morgan fingerprint density at radius 1 is 1.26 bits per heavy atom. The van der Waals surface area contributed by atoms with E-state index in [9.17, 15) is 9.59 Å². The first-order chi connectivity index (χ1) is 12.7. The Morgan fingerprint density at radius 2 is 2.00 bits per heavy atom. The van der Waals surface area contributed by atoms with E-state index in [0.29, 0.717) is 18.1 Å². The number of hydrogen-bond donors (Lipinski definition) is 2. The van der Waals surface area contributed by atoms with Gasteiger partial charge in [-0.15, -0.1) is 11.3 Å². The van der Waals surface area contributed by atoms with Crippen molar-refractivity contribution < 1.29 is 9.59 Å². The third-order valence-corrected chi connectivity index (χ3v) is 7.92. The fourth-order valence-corrected chi connectivity index (χ4v) is 5.47. The molecular weight excluding hydrogens is 382 g/mol. The molecule has 9 heteroatoms. The van der Waals surface area contributed by atoms with Gasteiger partial charge in [-0.3, -0.25) is 10.1 Å². The first kappa shape index (κ1) is 18.4. The van der Waals surface area contributed by atoms with Crippen LogP contribution in [0.2, 0.25) is 0 Å². The molecule has 0 aromatic carbocycles. The highest BCUT2D eigenvalue weighted by atomic mass is 32.1. The van der Waals surface area contributed by atoms with Gasteiger partial charge in [-0.1, -0.05) is 18.3 Å². The number of thiazole rings is 2. The zero-order valence-electron chi connectivity index (χ0n) is 15.7. The molecule has 27 heavy (non-hydrogen) atoms. The van der Waals surface area contributed by atoms with E-state index in [2.05, 4.69) is 22.6 Å². The normalized spacial score (nSPS) is 23.4. The van der Waals surface area contributed by atoms with E-state index in [1.54, 1.807) is 18.3 Å². The van der Waals surface area contributed by atoms with Crippen molar-refractivity contribution in [1.82, 2.24) is 14.9 Å². The maximum Gasteiger partial charge on any atom is 0.324 e. The minimum absolute atomic E-state index is 0.244. The number of nitrogens with two attached hydrogens (primary N) is 1. The first-order valence-corrected chi connectivity index (χ1v) is 10.7. The maximum atomic E-state index is 12.7. The number of carbonyl (C=O) groups is 2. The Balaban J connectivity index is 1.53. The van der Waals surface area contributed by atoms with Crippen molar-refractivity contribution in [1.29, 1.82) is 0 Å². The van der Waals surface area contributed by atoms with Gasteiger partial charge in [0.1, 0.15) is 5.54 Å². The molecule has 2 aromatic heterocycles. The Labute approximate surface area is 166 Å². The molecule has 1 atom stereocenters. The van der Waals surface area contributed by atoms with Crippen LogP contribution in [0.5, 0.6) is 0 Å². The topological polar surface area (TPSA) is 101 Å². The summed E-state index contributed by atoms with van der Waals surface area (Å²) in [6.07, 6.45) is 3.72. The summed E-state index contributed by atoms with van der Waals surface area (Å²) in [6, 6.07) is -0.335. The summed E-state index contributed by atoms with van der Waals surface area (Å²) in [6.45, 7) is 6.39. The average molecular weight is 406 g/mol. The molecule has 3 amide bonds. The third-order valence-electron chi connectivity index (χ3n) is 5.68. The van der Waals surface area contributed by atoms with Crippen LogP contribution in [0.15, 0.2) is 5.38 Å². The van der Waals surface area contributed by atoms with Crippen LogP contribution in [0, 0.1) is 6.92 Å². The van der Waals surface area contributed by atoms with Crippen LogP contribution in [0.25, 0.3) is 10.6 Å². The summed E-state index contributed by atoms with van der Waals surface area (Å²) < 4.78 is 0. The van der Waals surface area contributed by atoms with E-state index >= 15 is 0 Å². The van der Waals surface area contributed by atoms with E-state index in [1.807, 2.05) is 6.92 Å². The molecule has 1 saturated heterocycles. The molecule has 1 aliphatic heterocycles. The number of carbonyl (C=O) groups excluding carboxylic acids is 2. The van der Waals surface area contributed by atoms with Crippen molar-refractivity contribution in [3.8, 4) is 10.6 Å². The number of aryl methyl sites for hydroxylation is 1. The van der Waals surface area contributed by atoms with Crippen molar-refractivity contribution in [3.05, 3.63) is 16.1 Å². The highest BCUT2D eigenvalue weighted by molar-refractivity contribution is 7.19. The Hall–Kier alpha value is -2.00. The molecule has 2 fully saturated rings. The molecule has 2 aromatic rings. The van der Waals surface area contributed by atoms with Crippen LogP contribution in [0.4, 0.5) is 9.93 Å². The van der Waals surface area contributed by atoms with Crippen molar-refractivity contribution in [3.63, 3.8) is 0 Å². The molecule has 2 aliphatic rings.